The van der Waals surface area contributed by atoms with Gasteiger partial charge in [0.1, 0.15) is 30.2 Å². The van der Waals surface area contributed by atoms with Gasteiger partial charge in [0.15, 0.2) is 17.7 Å². The maximum Gasteiger partial charge on any atom is 0.489 e. The SMILES string of the molecule is Nc1ncnc2c1ncn2[C@@H]1O[C@H](COP(=O)(O)OP(=O)(O)OP(=O)(O)NF)[C@@H](O)[C@H]1O. The van der Waals surface area contributed by atoms with Crippen molar-refractivity contribution in [1.82, 2.24) is 24.8 Å². The average molecular weight is 524 g/mol. The summed E-state index contributed by atoms with van der Waals surface area (Å²) in [5.74, 6) is 0.0334. The number of rotatable bonds is 9. The zero-order chi connectivity index (χ0) is 23.9. The minimum Gasteiger partial charge on any atom is -0.387 e. The van der Waals surface area contributed by atoms with Crippen molar-refractivity contribution in [2.45, 2.75) is 24.5 Å². The van der Waals surface area contributed by atoms with Gasteiger partial charge in [-0.2, -0.15) is 8.62 Å². The number of nitrogens with one attached hydrogen (secondary N) is 1. The second-order valence-electron chi connectivity index (χ2n) is 6.13. The lowest BCUT2D eigenvalue weighted by atomic mass is 10.1. The van der Waals surface area contributed by atoms with Crippen LogP contribution in [0.15, 0.2) is 12.7 Å². The lowest BCUT2D eigenvalue weighted by molar-refractivity contribution is -0.0503. The highest BCUT2D eigenvalue weighted by Crippen LogP contribution is 2.66. The molecule has 22 heteroatoms. The Labute approximate surface area is 176 Å². The fourth-order valence-corrected chi connectivity index (χ4v) is 5.84. The number of nitrogens with zero attached hydrogens (tertiary/aromatic N) is 4. The van der Waals surface area contributed by atoms with Crippen molar-refractivity contribution in [3.63, 3.8) is 0 Å². The number of hydrogen-bond donors (Lipinski definition) is 7. The number of ether oxygens (including phenoxy) is 1. The summed E-state index contributed by atoms with van der Waals surface area (Å²) in [6.07, 6.45) is -3.79. The van der Waals surface area contributed by atoms with Crippen molar-refractivity contribution in [1.29, 1.82) is 0 Å². The Balaban J connectivity index is 1.68. The van der Waals surface area contributed by atoms with Crippen LogP contribution in [0.4, 0.5) is 10.3 Å². The van der Waals surface area contributed by atoms with E-state index in [1.54, 1.807) is 0 Å². The molecule has 8 N–H and O–H groups in total. The van der Waals surface area contributed by atoms with Gasteiger partial charge in [-0.3, -0.25) is 9.09 Å². The van der Waals surface area contributed by atoms with Gasteiger partial charge in [-0.05, 0) is 0 Å². The molecule has 18 nitrogen and oxygen atoms in total. The second kappa shape index (κ2) is 9.08. The summed E-state index contributed by atoms with van der Waals surface area (Å²) in [7, 11) is -16.7. The Morgan fingerprint density at radius 3 is 2.47 bits per heavy atom. The summed E-state index contributed by atoms with van der Waals surface area (Å²) in [6.45, 7) is -0.982. The third-order valence-corrected chi connectivity index (χ3v) is 7.98. The van der Waals surface area contributed by atoms with E-state index in [1.807, 2.05) is 0 Å². The summed E-state index contributed by atoms with van der Waals surface area (Å²) < 4.78 is 64.5. The third kappa shape index (κ3) is 5.55. The molecular formula is C10H16FN6O12P3. The molecule has 3 rings (SSSR count). The van der Waals surface area contributed by atoms with Crippen molar-refractivity contribution in [2.75, 3.05) is 12.3 Å². The molecule has 1 saturated heterocycles. The molecule has 0 bridgehead atoms. The molecule has 0 amide bonds. The lowest BCUT2D eigenvalue weighted by Gasteiger charge is -2.19. The normalized spacial score (nSPS) is 29.4. The highest BCUT2D eigenvalue weighted by Gasteiger charge is 2.47. The fourth-order valence-electron chi connectivity index (χ4n) is 2.64. The van der Waals surface area contributed by atoms with Crippen LogP contribution < -0.4 is 11.0 Å². The quantitative estimate of drug-likeness (QED) is 0.151. The fraction of sp³-hybridized carbons (Fsp3) is 0.500. The Kier molecular flexibility index (Phi) is 7.15. The Morgan fingerprint density at radius 2 is 1.81 bits per heavy atom. The second-order valence-corrected chi connectivity index (χ2v) is 10.8. The molecule has 3 unspecified atom stereocenters. The van der Waals surface area contributed by atoms with E-state index in [-0.39, 0.29) is 22.3 Å². The van der Waals surface area contributed by atoms with Gasteiger partial charge in [-0.1, -0.05) is 5.31 Å². The van der Waals surface area contributed by atoms with Gasteiger partial charge >= 0.3 is 23.4 Å². The zero-order valence-electron chi connectivity index (χ0n) is 15.4. The first-order chi connectivity index (χ1) is 14.8. The molecule has 0 saturated carbocycles. The number of aliphatic hydroxyl groups excluding tert-OH is 2. The van der Waals surface area contributed by atoms with E-state index in [0.29, 0.717) is 0 Å². The summed E-state index contributed by atoms with van der Waals surface area (Å²) in [5.41, 5.74) is 5.98. The van der Waals surface area contributed by atoms with Crippen LogP contribution in [0, 0.1) is 0 Å². The highest BCUT2D eigenvalue weighted by molar-refractivity contribution is 7.67. The highest BCUT2D eigenvalue weighted by atomic mass is 31.3. The van der Waals surface area contributed by atoms with Gasteiger partial charge in [-0.25, -0.2) is 28.6 Å². The van der Waals surface area contributed by atoms with E-state index in [2.05, 4.69) is 28.1 Å². The standard InChI is InChI=1S/C10H16FN6O12P3/c11-16-30(20,21)28-32(24,25)29-31(22,23)26-1-4-6(18)7(19)10(27-4)17-3-15-5-8(12)13-2-14-9(5)17/h2-4,6-7,10,18-19H,1H2,(H,22,23)(H,24,25)(H2,12,13,14)(H2,16,20,21)/t4-,6-,7-,10-/m1/s1. The minimum atomic E-state index is -5.77. The molecule has 0 aliphatic carbocycles. The molecule has 0 aromatic carbocycles. The van der Waals surface area contributed by atoms with Gasteiger partial charge in [0, 0.05) is 0 Å². The zero-order valence-corrected chi connectivity index (χ0v) is 18.0. The van der Waals surface area contributed by atoms with Crippen LogP contribution in [0.5, 0.6) is 0 Å². The summed E-state index contributed by atoms with van der Waals surface area (Å²) >= 11 is 0. The van der Waals surface area contributed by atoms with Crippen LogP contribution in [-0.2, 0) is 31.6 Å². The largest absolute Gasteiger partial charge is 0.489 e. The van der Waals surface area contributed by atoms with Crippen LogP contribution >= 0.6 is 23.4 Å². The minimum absolute atomic E-state index is 0.0334. The van der Waals surface area contributed by atoms with E-state index in [9.17, 15) is 38.2 Å². The molecule has 1 aliphatic rings. The predicted octanol–water partition coefficient (Wildman–Crippen LogP) is -1.15. The molecule has 1 fully saturated rings. The van der Waals surface area contributed by atoms with Crippen LogP contribution in [0.25, 0.3) is 11.2 Å². The predicted molar refractivity (Wildman–Crippen MR) is 97.5 cm³/mol. The summed E-state index contributed by atoms with van der Waals surface area (Å²) in [5, 5.41) is 20.6. The number of phosphoric ester groups is 1. The van der Waals surface area contributed by atoms with E-state index in [4.69, 9.17) is 15.4 Å². The molecule has 2 aromatic rings. The number of imidazole rings is 1. The van der Waals surface area contributed by atoms with Crippen LogP contribution in [-0.4, -0.2) is 69.3 Å². The molecule has 32 heavy (non-hydrogen) atoms. The first-order valence-electron chi connectivity index (χ1n) is 8.13. The maximum atomic E-state index is 12.0. The Hall–Kier alpha value is -1.43. The number of phosphoric acid groups is 2. The topological polar surface area (TPSA) is 271 Å². The number of aromatic nitrogens is 4. The van der Waals surface area contributed by atoms with Gasteiger partial charge < -0.3 is 35.4 Å². The molecule has 2 aromatic heterocycles. The van der Waals surface area contributed by atoms with E-state index >= 15 is 0 Å². The summed E-state index contributed by atoms with van der Waals surface area (Å²) in [6, 6.07) is 0. The van der Waals surface area contributed by atoms with Crippen molar-refractivity contribution >= 4 is 40.4 Å². The molecule has 3 heterocycles. The van der Waals surface area contributed by atoms with E-state index in [1.165, 1.54) is 10.9 Å². The smallest absolute Gasteiger partial charge is 0.387 e. The average Bonchev–Trinajstić information content (AvgIpc) is 3.21. The molecule has 7 atom stereocenters. The lowest BCUT2D eigenvalue weighted by Crippen LogP contribution is -2.33. The first-order valence-corrected chi connectivity index (χ1v) is 12.7. The Morgan fingerprint density at radius 1 is 1.12 bits per heavy atom. The number of halogens is 1. The molecule has 180 valence electrons. The first kappa shape index (κ1) is 25.2. The molecule has 0 radical (unpaired) electrons. The van der Waals surface area contributed by atoms with Crippen molar-refractivity contribution in [2.24, 2.45) is 0 Å². The molecular weight excluding hydrogens is 508 g/mol. The van der Waals surface area contributed by atoms with Crippen LogP contribution in [0.1, 0.15) is 6.23 Å². The maximum absolute atomic E-state index is 12.0. The molecule has 1 aliphatic heterocycles. The van der Waals surface area contributed by atoms with Gasteiger partial charge in [0.2, 0.25) is 0 Å². The molecule has 0 spiro atoms. The third-order valence-electron chi connectivity index (χ3n) is 3.93. The number of nitrogens with two attached hydrogens (primary N) is 1. The number of anilines is 1. The van der Waals surface area contributed by atoms with Gasteiger partial charge in [0.25, 0.3) is 0 Å². The number of hydrogen-bond acceptors (Lipinski definition) is 13. The number of fused-ring (bicyclic) bond motifs is 1. The van der Waals surface area contributed by atoms with Gasteiger partial charge in [0.05, 0.1) is 12.9 Å². The number of nitrogen functional groups attached to an aromatic ring is 1. The van der Waals surface area contributed by atoms with Crippen molar-refractivity contribution < 1.29 is 61.0 Å². The Bertz CT molecular complexity index is 1130. The van der Waals surface area contributed by atoms with Crippen LogP contribution in [0.2, 0.25) is 0 Å². The van der Waals surface area contributed by atoms with Crippen molar-refractivity contribution in [3.05, 3.63) is 12.7 Å². The number of aliphatic hydroxyl groups is 2. The van der Waals surface area contributed by atoms with Crippen molar-refractivity contribution in [3.8, 4) is 0 Å². The van der Waals surface area contributed by atoms with E-state index < -0.39 is 54.5 Å². The summed E-state index contributed by atoms with van der Waals surface area (Å²) in [4.78, 5) is 39.1. The van der Waals surface area contributed by atoms with Gasteiger partial charge in [-0.15, -0.1) is 4.48 Å². The van der Waals surface area contributed by atoms with Crippen LogP contribution in [0.3, 0.4) is 0 Å². The monoisotopic (exact) mass is 524 g/mol. The van der Waals surface area contributed by atoms with E-state index in [0.717, 1.165) is 6.33 Å².